The van der Waals surface area contributed by atoms with Crippen LogP contribution in [0, 0.1) is 6.92 Å². The van der Waals surface area contributed by atoms with E-state index in [0.29, 0.717) is 13.2 Å². The Morgan fingerprint density at radius 1 is 1.06 bits per heavy atom. The highest BCUT2D eigenvalue weighted by Crippen LogP contribution is 2.35. The Kier molecular flexibility index (Phi) is 2.74. The second-order valence-electron chi connectivity index (χ2n) is 4.46. The first-order chi connectivity index (χ1) is 8.79. The van der Waals surface area contributed by atoms with Gasteiger partial charge in [-0.1, -0.05) is 0 Å². The predicted molar refractivity (Wildman–Crippen MR) is 71.3 cm³/mol. The van der Waals surface area contributed by atoms with E-state index in [1.54, 1.807) is 0 Å². The van der Waals surface area contributed by atoms with E-state index in [0.717, 1.165) is 18.0 Å². The zero-order valence-electron chi connectivity index (χ0n) is 10.8. The minimum Gasteiger partial charge on any atom is -0.486 e. The lowest BCUT2D eigenvalue weighted by Crippen LogP contribution is -2.15. The Balaban J connectivity index is 2.06. The molecule has 2 aromatic rings. The average Bonchev–Trinajstić information content (AvgIpc) is 2.79. The quantitative estimate of drug-likeness (QED) is 0.808. The number of fused-ring (bicyclic) bond motifs is 1. The topological polar surface area (TPSA) is 23.4 Å². The molecule has 0 N–H and O–H groups in total. The molecular weight excluding hydrogens is 226 g/mol. The molecule has 0 atom stereocenters. The van der Waals surface area contributed by atoms with Crippen LogP contribution in [0.15, 0.2) is 30.3 Å². The Bertz CT molecular complexity index is 572. The third-order valence-corrected chi connectivity index (χ3v) is 3.35. The fourth-order valence-corrected chi connectivity index (χ4v) is 2.44. The summed E-state index contributed by atoms with van der Waals surface area (Å²) in [5.41, 5.74) is 3.68. The normalized spacial score (nSPS) is 13.7. The summed E-state index contributed by atoms with van der Waals surface area (Å²) in [5, 5.41) is 0. The highest BCUT2D eigenvalue weighted by molar-refractivity contribution is 5.65. The molecule has 3 heteroatoms. The Labute approximate surface area is 107 Å². The zero-order chi connectivity index (χ0) is 12.5. The first-order valence-electron chi connectivity index (χ1n) is 6.35. The SMILES string of the molecule is CCn1c(C)ccc1-c1ccc2c(c1)OCCO2. The molecule has 3 nitrogen and oxygen atoms in total. The number of rotatable bonds is 2. The summed E-state index contributed by atoms with van der Waals surface area (Å²) in [6.45, 7) is 6.53. The zero-order valence-corrected chi connectivity index (χ0v) is 10.8. The average molecular weight is 243 g/mol. The summed E-state index contributed by atoms with van der Waals surface area (Å²) in [5.74, 6) is 1.69. The molecule has 1 aliphatic heterocycles. The largest absolute Gasteiger partial charge is 0.486 e. The molecule has 1 aromatic carbocycles. The lowest BCUT2D eigenvalue weighted by atomic mass is 10.1. The monoisotopic (exact) mass is 243 g/mol. The molecule has 0 bridgehead atoms. The van der Waals surface area contributed by atoms with Crippen LogP contribution in [0.1, 0.15) is 12.6 Å². The van der Waals surface area contributed by atoms with Crippen LogP contribution in [-0.4, -0.2) is 17.8 Å². The van der Waals surface area contributed by atoms with Crippen molar-refractivity contribution in [2.45, 2.75) is 20.4 Å². The molecule has 2 heterocycles. The highest BCUT2D eigenvalue weighted by atomic mass is 16.6. The van der Waals surface area contributed by atoms with Crippen LogP contribution in [0.2, 0.25) is 0 Å². The molecule has 0 radical (unpaired) electrons. The van der Waals surface area contributed by atoms with Crippen LogP contribution in [0.25, 0.3) is 11.3 Å². The van der Waals surface area contributed by atoms with Crippen molar-refractivity contribution in [1.29, 1.82) is 0 Å². The van der Waals surface area contributed by atoms with Crippen LogP contribution in [0.5, 0.6) is 11.5 Å². The minimum atomic E-state index is 0.629. The van der Waals surface area contributed by atoms with E-state index in [-0.39, 0.29) is 0 Å². The minimum absolute atomic E-state index is 0.629. The smallest absolute Gasteiger partial charge is 0.162 e. The molecule has 0 saturated carbocycles. The molecule has 0 spiro atoms. The number of hydrogen-bond acceptors (Lipinski definition) is 2. The van der Waals surface area contributed by atoms with Gasteiger partial charge in [-0.25, -0.2) is 0 Å². The molecule has 0 amide bonds. The molecule has 3 rings (SSSR count). The van der Waals surface area contributed by atoms with Gasteiger partial charge in [0.05, 0.1) is 0 Å². The molecule has 94 valence electrons. The maximum Gasteiger partial charge on any atom is 0.162 e. The Morgan fingerprint density at radius 2 is 1.83 bits per heavy atom. The van der Waals surface area contributed by atoms with Gasteiger partial charge in [0.25, 0.3) is 0 Å². The summed E-state index contributed by atoms with van der Waals surface area (Å²) in [6, 6.07) is 10.5. The summed E-state index contributed by atoms with van der Waals surface area (Å²) >= 11 is 0. The molecular formula is C15H17NO2. The number of hydrogen-bond donors (Lipinski definition) is 0. The van der Waals surface area contributed by atoms with E-state index in [1.165, 1.54) is 17.0 Å². The number of ether oxygens (including phenoxy) is 2. The Hall–Kier alpha value is -1.90. The summed E-state index contributed by atoms with van der Waals surface area (Å²) < 4.78 is 13.5. The van der Waals surface area contributed by atoms with Crippen LogP contribution in [-0.2, 0) is 6.54 Å². The van der Waals surface area contributed by atoms with E-state index in [4.69, 9.17) is 9.47 Å². The third kappa shape index (κ3) is 1.76. The summed E-state index contributed by atoms with van der Waals surface area (Å²) in [4.78, 5) is 0. The van der Waals surface area contributed by atoms with Gasteiger partial charge in [0.15, 0.2) is 11.5 Å². The van der Waals surface area contributed by atoms with Crippen molar-refractivity contribution in [1.82, 2.24) is 4.57 Å². The van der Waals surface area contributed by atoms with Crippen LogP contribution >= 0.6 is 0 Å². The van der Waals surface area contributed by atoms with Crippen molar-refractivity contribution in [3.05, 3.63) is 36.0 Å². The van der Waals surface area contributed by atoms with Crippen LogP contribution in [0.4, 0.5) is 0 Å². The van der Waals surface area contributed by atoms with Crippen LogP contribution < -0.4 is 9.47 Å². The first-order valence-corrected chi connectivity index (χ1v) is 6.35. The molecule has 0 aliphatic carbocycles. The van der Waals surface area contributed by atoms with Gasteiger partial charge in [-0.3, -0.25) is 0 Å². The van der Waals surface area contributed by atoms with Gasteiger partial charge < -0.3 is 14.0 Å². The van der Waals surface area contributed by atoms with Crippen molar-refractivity contribution in [3.8, 4) is 22.8 Å². The van der Waals surface area contributed by atoms with E-state index < -0.39 is 0 Å². The van der Waals surface area contributed by atoms with E-state index >= 15 is 0 Å². The van der Waals surface area contributed by atoms with E-state index in [2.05, 4.69) is 42.7 Å². The molecule has 0 saturated heterocycles. The molecule has 0 unspecified atom stereocenters. The maximum absolute atomic E-state index is 5.63. The first kappa shape index (κ1) is 11.2. The predicted octanol–water partition coefficient (Wildman–Crippen LogP) is 3.25. The maximum atomic E-state index is 5.63. The second-order valence-corrected chi connectivity index (χ2v) is 4.46. The number of aryl methyl sites for hydroxylation is 1. The standard InChI is InChI=1S/C15H17NO2/c1-3-16-11(2)4-6-13(16)12-5-7-14-15(10-12)18-9-8-17-14/h4-7,10H,3,8-9H2,1-2H3. The number of aromatic nitrogens is 1. The molecule has 1 aromatic heterocycles. The molecule has 1 aliphatic rings. The lowest BCUT2D eigenvalue weighted by Gasteiger charge is -2.19. The van der Waals surface area contributed by atoms with Gasteiger partial charge in [0, 0.05) is 23.5 Å². The van der Waals surface area contributed by atoms with Gasteiger partial charge in [0.1, 0.15) is 13.2 Å². The van der Waals surface area contributed by atoms with E-state index in [9.17, 15) is 0 Å². The van der Waals surface area contributed by atoms with Gasteiger partial charge in [-0.05, 0) is 44.2 Å². The molecule has 18 heavy (non-hydrogen) atoms. The highest BCUT2D eigenvalue weighted by Gasteiger charge is 2.14. The van der Waals surface area contributed by atoms with Crippen LogP contribution in [0.3, 0.4) is 0 Å². The fourth-order valence-electron chi connectivity index (χ4n) is 2.44. The van der Waals surface area contributed by atoms with Crippen molar-refractivity contribution in [2.75, 3.05) is 13.2 Å². The third-order valence-electron chi connectivity index (χ3n) is 3.35. The van der Waals surface area contributed by atoms with Gasteiger partial charge >= 0.3 is 0 Å². The van der Waals surface area contributed by atoms with Gasteiger partial charge in [-0.2, -0.15) is 0 Å². The summed E-state index contributed by atoms with van der Waals surface area (Å²) in [6.07, 6.45) is 0. The number of benzene rings is 1. The van der Waals surface area contributed by atoms with Crippen molar-refractivity contribution < 1.29 is 9.47 Å². The molecule has 0 fully saturated rings. The fraction of sp³-hybridized carbons (Fsp3) is 0.333. The Morgan fingerprint density at radius 3 is 2.61 bits per heavy atom. The van der Waals surface area contributed by atoms with Crippen molar-refractivity contribution >= 4 is 0 Å². The second kappa shape index (κ2) is 4.41. The van der Waals surface area contributed by atoms with E-state index in [1.807, 2.05) is 6.07 Å². The van der Waals surface area contributed by atoms with Crippen molar-refractivity contribution in [3.63, 3.8) is 0 Å². The lowest BCUT2D eigenvalue weighted by molar-refractivity contribution is 0.171. The van der Waals surface area contributed by atoms with Crippen molar-refractivity contribution in [2.24, 2.45) is 0 Å². The van der Waals surface area contributed by atoms with Gasteiger partial charge in [-0.15, -0.1) is 0 Å². The summed E-state index contributed by atoms with van der Waals surface area (Å²) in [7, 11) is 0. The van der Waals surface area contributed by atoms with Gasteiger partial charge in [0.2, 0.25) is 0 Å². The number of nitrogens with zero attached hydrogens (tertiary/aromatic N) is 1.